The normalized spacial score (nSPS) is 8.88. The average molecular weight is 228 g/mol. The van der Waals surface area contributed by atoms with E-state index in [9.17, 15) is 9.59 Å². The molecule has 0 bridgehead atoms. The fourth-order valence-electron chi connectivity index (χ4n) is 1.20. The Labute approximate surface area is 99.7 Å². The lowest BCUT2D eigenvalue weighted by molar-refractivity contribution is -0.111. The summed E-state index contributed by atoms with van der Waals surface area (Å²) in [4.78, 5) is 22.9. The molecule has 0 aliphatic rings. The van der Waals surface area contributed by atoms with Gasteiger partial charge in [0.05, 0.1) is 17.8 Å². The van der Waals surface area contributed by atoms with Crippen LogP contribution in [0.1, 0.15) is 10.4 Å². The van der Waals surface area contributed by atoms with Crippen LogP contribution in [0.5, 0.6) is 0 Å². The predicted octanol–water partition coefficient (Wildman–Crippen LogP) is 1.17. The maximum Gasteiger partial charge on any atom is 0.254 e. The van der Waals surface area contributed by atoms with E-state index in [4.69, 9.17) is 6.42 Å². The van der Waals surface area contributed by atoms with Gasteiger partial charge in [-0.1, -0.05) is 24.6 Å². The number of benzene rings is 1. The Morgan fingerprint density at radius 1 is 1.41 bits per heavy atom. The Bertz CT molecular complexity index is 486. The molecule has 2 amide bonds. The largest absolute Gasteiger partial charge is 0.341 e. The van der Waals surface area contributed by atoms with Crippen LogP contribution < -0.4 is 10.6 Å². The standard InChI is InChI=1S/C13H12N2O2/c1-3-9-14-13(17)10-7-5-6-8-11(10)15-12(16)4-2/h1,4-8H,2,9H2,(H,14,17)(H,15,16). The predicted molar refractivity (Wildman–Crippen MR) is 66.4 cm³/mol. The zero-order valence-electron chi connectivity index (χ0n) is 9.19. The molecule has 0 saturated carbocycles. The lowest BCUT2D eigenvalue weighted by atomic mass is 10.1. The van der Waals surface area contributed by atoms with E-state index in [2.05, 4.69) is 23.1 Å². The summed E-state index contributed by atoms with van der Waals surface area (Å²) in [5.74, 6) is 1.60. The van der Waals surface area contributed by atoms with Crippen LogP contribution in [0.2, 0.25) is 0 Å². The van der Waals surface area contributed by atoms with E-state index in [0.29, 0.717) is 11.3 Å². The van der Waals surface area contributed by atoms with Gasteiger partial charge in [-0.25, -0.2) is 0 Å². The van der Waals surface area contributed by atoms with E-state index >= 15 is 0 Å². The molecule has 0 saturated heterocycles. The highest BCUT2D eigenvalue weighted by Gasteiger charge is 2.10. The molecule has 17 heavy (non-hydrogen) atoms. The SMILES string of the molecule is C#CCNC(=O)c1ccccc1NC(=O)C=C. The first-order valence-electron chi connectivity index (χ1n) is 4.93. The molecule has 2 N–H and O–H groups in total. The molecule has 0 spiro atoms. The number of amides is 2. The Balaban J connectivity index is 2.91. The molecule has 0 aliphatic carbocycles. The van der Waals surface area contributed by atoms with Crippen molar-refractivity contribution in [3.05, 3.63) is 42.5 Å². The van der Waals surface area contributed by atoms with Gasteiger partial charge in [0.25, 0.3) is 5.91 Å². The van der Waals surface area contributed by atoms with Crippen molar-refractivity contribution in [1.82, 2.24) is 5.32 Å². The maximum atomic E-state index is 11.7. The summed E-state index contributed by atoms with van der Waals surface area (Å²) in [6, 6.07) is 6.65. The van der Waals surface area contributed by atoms with Crippen LogP contribution in [-0.4, -0.2) is 18.4 Å². The maximum absolute atomic E-state index is 11.7. The van der Waals surface area contributed by atoms with E-state index in [1.54, 1.807) is 24.3 Å². The summed E-state index contributed by atoms with van der Waals surface area (Å²) in [7, 11) is 0. The van der Waals surface area contributed by atoms with E-state index in [-0.39, 0.29) is 18.4 Å². The molecular weight excluding hydrogens is 216 g/mol. The molecule has 0 radical (unpaired) electrons. The minimum absolute atomic E-state index is 0.141. The zero-order chi connectivity index (χ0) is 12.7. The van der Waals surface area contributed by atoms with E-state index in [1.807, 2.05) is 0 Å². The smallest absolute Gasteiger partial charge is 0.254 e. The number of hydrogen-bond donors (Lipinski definition) is 2. The lowest BCUT2D eigenvalue weighted by Crippen LogP contribution is -2.25. The molecule has 1 aromatic carbocycles. The van der Waals surface area contributed by atoms with E-state index in [1.165, 1.54) is 0 Å². The fourth-order valence-corrected chi connectivity index (χ4v) is 1.20. The monoisotopic (exact) mass is 228 g/mol. The molecule has 1 aromatic rings. The minimum atomic E-state index is -0.373. The number of carbonyl (C=O) groups is 2. The summed E-state index contributed by atoms with van der Waals surface area (Å²) in [5.41, 5.74) is 0.782. The highest BCUT2D eigenvalue weighted by Crippen LogP contribution is 2.14. The van der Waals surface area contributed by atoms with Crippen LogP contribution in [-0.2, 0) is 4.79 Å². The Hall–Kier alpha value is -2.54. The summed E-state index contributed by atoms with van der Waals surface area (Å²) in [5, 5.41) is 5.08. The van der Waals surface area contributed by atoms with Gasteiger partial charge in [0.15, 0.2) is 0 Å². The first-order valence-corrected chi connectivity index (χ1v) is 4.93. The van der Waals surface area contributed by atoms with Crippen molar-refractivity contribution in [2.45, 2.75) is 0 Å². The summed E-state index contributed by atoms with van der Waals surface area (Å²) in [6.45, 7) is 3.48. The van der Waals surface area contributed by atoms with Crippen molar-refractivity contribution in [3.63, 3.8) is 0 Å². The summed E-state index contributed by atoms with van der Waals surface area (Å²) >= 11 is 0. The molecule has 0 unspecified atom stereocenters. The highest BCUT2D eigenvalue weighted by atomic mass is 16.2. The highest BCUT2D eigenvalue weighted by molar-refractivity contribution is 6.06. The van der Waals surface area contributed by atoms with Crippen molar-refractivity contribution in [1.29, 1.82) is 0 Å². The molecule has 0 aromatic heterocycles. The lowest BCUT2D eigenvalue weighted by Gasteiger charge is -2.08. The fraction of sp³-hybridized carbons (Fsp3) is 0.0769. The third kappa shape index (κ3) is 3.50. The number of anilines is 1. The van der Waals surface area contributed by atoms with Crippen LogP contribution in [0.15, 0.2) is 36.9 Å². The second-order valence-corrected chi connectivity index (χ2v) is 3.13. The topological polar surface area (TPSA) is 58.2 Å². The van der Waals surface area contributed by atoms with Crippen molar-refractivity contribution in [2.75, 3.05) is 11.9 Å². The third-order valence-corrected chi connectivity index (χ3v) is 1.97. The van der Waals surface area contributed by atoms with Crippen LogP contribution in [0.4, 0.5) is 5.69 Å². The Morgan fingerprint density at radius 2 is 2.12 bits per heavy atom. The number of nitrogens with one attached hydrogen (secondary N) is 2. The molecule has 0 fully saturated rings. The molecule has 86 valence electrons. The van der Waals surface area contributed by atoms with Gasteiger partial charge in [0.2, 0.25) is 5.91 Å². The zero-order valence-corrected chi connectivity index (χ0v) is 9.19. The number of rotatable bonds is 4. The van der Waals surface area contributed by atoms with E-state index < -0.39 is 0 Å². The second-order valence-electron chi connectivity index (χ2n) is 3.13. The number of carbonyl (C=O) groups excluding carboxylic acids is 2. The quantitative estimate of drug-likeness (QED) is 0.600. The summed E-state index contributed by atoms with van der Waals surface area (Å²) in [6.07, 6.45) is 6.18. The molecule has 0 atom stereocenters. The number of para-hydroxylation sites is 1. The van der Waals surface area contributed by atoms with Gasteiger partial charge in [-0.3, -0.25) is 9.59 Å². The van der Waals surface area contributed by atoms with Gasteiger partial charge in [-0.2, -0.15) is 0 Å². The third-order valence-electron chi connectivity index (χ3n) is 1.97. The van der Waals surface area contributed by atoms with Crippen LogP contribution in [0.3, 0.4) is 0 Å². The van der Waals surface area contributed by atoms with Crippen molar-refractivity contribution in [2.24, 2.45) is 0 Å². The van der Waals surface area contributed by atoms with Gasteiger partial charge in [0, 0.05) is 0 Å². The Morgan fingerprint density at radius 3 is 2.76 bits per heavy atom. The Kier molecular flexibility index (Phi) is 4.52. The van der Waals surface area contributed by atoms with Gasteiger partial charge in [0.1, 0.15) is 0 Å². The van der Waals surface area contributed by atoms with Crippen LogP contribution in [0.25, 0.3) is 0 Å². The first-order chi connectivity index (χ1) is 8.19. The first kappa shape index (κ1) is 12.5. The van der Waals surface area contributed by atoms with Gasteiger partial charge in [-0.15, -0.1) is 6.42 Å². The molecule has 0 heterocycles. The van der Waals surface area contributed by atoms with Crippen molar-refractivity contribution in [3.8, 4) is 12.3 Å². The van der Waals surface area contributed by atoms with Crippen molar-refractivity contribution < 1.29 is 9.59 Å². The van der Waals surface area contributed by atoms with Crippen LogP contribution >= 0.6 is 0 Å². The summed E-state index contributed by atoms with van der Waals surface area (Å²) < 4.78 is 0. The molecule has 4 nitrogen and oxygen atoms in total. The molecule has 0 aliphatic heterocycles. The molecular formula is C13H12N2O2. The van der Waals surface area contributed by atoms with Gasteiger partial charge >= 0.3 is 0 Å². The van der Waals surface area contributed by atoms with Gasteiger partial charge in [-0.05, 0) is 18.2 Å². The average Bonchev–Trinajstić information content (AvgIpc) is 2.36. The minimum Gasteiger partial charge on any atom is -0.341 e. The molecule has 1 rings (SSSR count). The van der Waals surface area contributed by atoms with Crippen molar-refractivity contribution >= 4 is 17.5 Å². The number of terminal acetylenes is 1. The molecule has 4 heteroatoms. The van der Waals surface area contributed by atoms with Crippen LogP contribution in [0, 0.1) is 12.3 Å². The van der Waals surface area contributed by atoms with Gasteiger partial charge < -0.3 is 10.6 Å². The van der Waals surface area contributed by atoms with E-state index in [0.717, 1.165) is 6.08 Å². The number of hydrogen-bond acceptors (Lipinski definition) is 2. The second kappa shape index (κ2) is 6.13.